The Morgan fingerprint density at radius 1 is 1.27 bits per heavy atom. The molecule has 120 valence electrons. The molecule has 0 atom stereocenters. The van der Waals surface area contributed by atoms with E-state index in [0.29, 0.717) is 25.2 Å². The highest BCUT2D eigenvalue weighted by Crippen LogP contribution is 2.18. The lowest BCUT2D eigenvalue weighted by atomic mass is 10.2. The highest BCUT2D eigenvalue weighted by atomic mass is 16.6. The van der Waals surface area contributed by atoms with Crippen LogP contribution in [-0.2, 0) is 4.74 Å². The van der Waals surface area contributed by atoms with Crippen LogP contribution in [0.5, 0.6) is 0 Å². The number of hydrogen-bond donors (Lipinski definition) is 0. The van der Waals surface area contributed by atoms with Crippen molar-refractivity contribution in [1.29, 1.82) is 5.26 Å². The van der Waals surface area contributed by atoms with Crippen LogP contribution in [0.2, 0.25) is 0 Å². The molecule has 0 bridgehead atoms. The molecule has 0 fully saturated rings. The Hall–Kier alpha value is -2.22. The van der Waals surface area contributed by atoms with Gasteiger partial charge in [0.15, 0.2) is 0 Å². The van der Waals surface area contributed by atoms with Gasteiger partial charge in [-0.1, -0.05) is 12.1 Å². The molecule has 0 aliphatic heterocycles. The highest BCUT2D eigenvalue weighted by Gasteiger charge is 2.21. The third kappa shape index (κ3) is 5.28. The van der Waals surface area contributed by atoms with Crippen molar-refractivity contribution in [2.75, 3.05) is 31.6 Å². The first-order chi connectivity index (χ1) is 10.3. The fourth-order valence-corrected chi connectivity index (χ4v) is 2.00. The number of ether oxygens (including phenoxy) is 1. The van der Waals surface area contributed by atoms with E-state index in [1.165, 1.54) is 0 Å². The lowest BCUT2D eigenvalue weighted by molar-refractivity contribution is 0.0265. The maximum absolute atomic E-state index is 12.1. The first-order valence-electron chi connectivity index (χ1n) is 7.46. The Kier molecular flexibility index (Phi) is 6.24. The van der Waals surface area contributed by atoms with E-state index in [9.17, 15) is 4.79 Å². The number of anilines is 1. The number of hydrogen-bond acceptors (Lipinski definition) is 4. The zero-order chi connectivity index (χ0) is 16.8. The average Bonchev–Trinajstić information content (AvgIpc) is 2.45. The lowest BCUT2D eigenvalue weighted by Crippen LogP contribution is -2.40. The maximum Gasteiger partial charge on any atom is 0.410 e. The van der Waals surface area contributed by atoms with E-state index >= 15 is 0 Å². The Morgan fingerprint density at radius 3 is 2.45 bits per heavy atom. The molecule has 0 aliphatic rings. The van der Waals surface area contributed by atoms with Crippen molar-refractivity contribution in [3.05, 3.63) is 29.8 Å². The average molecular weight is 303 g/mol. The van der Waals surface area contributed by atoms with E-state index in [2.05, 4.69) is 6.07 Å². The summed E-state index contributed by atoms with van der Waals surface area (Å²) < 4.78 is 5.39. The monoisotopic (exact) mass is 303 g/mol. The molecule has 1 aromatic rings. The summed E-state index contributed by atoms with van der Waals surface area (Å²) >= 11 is 0. The number of nitrogens with zero attached hydrogens (tertiary/aromatic N) is 3. The predicted octanol–water partition coefficient (Wildman–Crippen LogP) is 3.25. The molecule has 0 aliphatic carbocycles. The van der Waals surface area contributed by atoms with Gasteiger partial charge in [-0.3, -0.25) is 0 Å². The number of carbonyl (C=O) groups excluding carboxylic acids is 1. The van der Waals surface area contributed by atoms with Crippen molar-refractivity contribution >= 4 is 11.8 Å². The van der Waals surface area contributed by atoms with Gasteiger partial charge in [0, 0.05) is 26.7 Å². The molecule has 0 saturated heterocycles. The standard InChI is InChI=1S/C17H25N3O2/c1-6-20(16(21)22-17(2,3)4)12-11-19(5)15-10-8-7-9-14(15)13-18/h7-10H,6,11-12H2,1-5H3. The molecule has 0 N–H and O–H groups in total. The molecule has 5 heteroatoms. The minimum Gasteiger partial charge on any atom is -0.444 e. The van der Waals surface area contributed by atoms with Gasteiger partial charge in [0.25, 0.3) is 0 Å². The van der Waals surface area contributed by atoms with Crippen molar-refractivity contribution in [2.24, 2.45) is 0 Å². The second-order valence-electron chi connectivity index (χ2n) is 6.11. The first-order valence-corrected chi connectivity index (χ1v) is 7.46. The number of likely N-dealkylation sites (N-methyl/N-ethyl adjacent to an activating group) is 2. The SMILES string of the molecule is CCN(CCN(C)c1ccccc1C#N)C(=O)OC(C)(C)C. The fourth-order valence-electron chi connectivity index (χ4n) is 2.00. The third-order valence-corrected chi connectivity index (χ3v) is 3.17. The summed E-state index contributed by atoms with van der Waals surface area (Å²) in [6.07, 6.45) is -0.308. The van der Waals surface area contributed by atoms with Crippen molar-refractivity contribution in [3.8, 4) is 6.07 Å². The Bertz CT molecular complexity index is 544. The molecule has 5 nitrogen and oxygen atoms in total. The smallest absolute Gasteiger partial charge is 0.410 e. The molecule has 0 heterocycles. The van der Waals surface area contributed by atoms with Crippen molar-refractivity contribution in [1.82, 2.24) is 4.90 Å². The van der Waals surface area contributed by atoms with E-state index in [-0.39, 0.29) is 6.09 Å². The van der Waals surface area contributed by atoms with Crippen molar-refractivity contribution in [3.63, 3.8) is 0 Å². The van der Waals surface area contributed by atoms with Gasteiger partial charge in [0.2, 0.25) is 0 Å². The van der Waals surface area contributed by atoms with E-state index in [4.69, 9.17) is 10.00 Å². The molecule has 0 spiro atoms. The molecule has 0 aromatic heterocycles. The summed E-state index contributed by atoms with van der Waals surface area (Å²) in [4.78, 5) is 15.7. The van der Waals surface area contributed by atoms with Gasteiger partial charge >= 0.3 is 6.09 Å². The third-order valence-electron chi connectivity index (χ3n) is 3.17. The Morgan fingerprint density at radius 2 is 1.91 bits per heavy atom. The van der Waals surface area contributed by atoms with E-state index in [0.717, 1.165) is 5.69 Å². The summed E-state index contributed by atoms with van der Waals surface area (Å²) in [5.41, 5.74) is 1.000. The van der Waals surface area contributed by atoms with E-state index < -0.39 is 5.60 Å². The van der Waals surface area contributed by atoms with Crippen LogP contribution in [-0.4, -0.2) is 43.3 Å². The Balaban J connectivity index is 2.67. The molecule has 0 unspecified atom stereocenters. The van der Waals surface area contributed by atoms with Crippen LogP contribution in [0.3, 0.4) is 0 Å². The normalized spacial score (nSPS) is 10.7. The zero-order valence-corrected chi connectivity index (χ0v) is 14.1. The number of nitriles is 1. The number of amides is 1. The predicted molar refractivity (Wildman–Crippen MR) is 87.9 cm³/mol. The van der Waals surface area contributed by atoms with Gasteiger partial charge in [-0.05, 0) is 39.8 Å². The van der Waals surface area contributed by atoms with Crippen LogP contribution in [0.15, 0.2) is 24.3 Å². The molecule has 1 amide bonds. The number of carbonyl (C=O) groups is 1. The van der Waals surface area contributed by atoms with Crippen LogP contribution in [0.4, 0.5) is 10.5 Å². The summed E-state index contributed by atoms with van der Waals surface area (Å²) in [6, 6.07) is 9.62. The van der Waals surface area contributed by atoms with Gasteiger partial charge < -0.3 is 14.5 Å². The summed E-state index contributed by atoms with van der Waals surface area (Å²) in [7, 11) is 1.92. The van der Waals surface area contributed by atoms with E-state index in [1.807, 2.05) is 57.8 Å². The lowest BCUT2D eigenvalue weighted by Gasteiger charge is -2.28. The molecular weight excluding hydrogens is 278 g/mol. The minimum absolute atomic E-state index is 0.308. The van der Waals surface area contributed by atoms with Crippen LogP contribution in [0.1, 0.15) is 33.3 Å². The number of para-hydroxylation sites is 1. The highest BCUT2D eigenvalue weighted by molar-refractivity contribution is 5.68. The number of rotatable bonds is 5. The molecule has 1 rings (SSSR count). The second kappa shape index (κ2) is 7.69. The maximum atomic E-state index is 12.1. The Labute approximate surface area is 133 Å². The summed E-state index contributed by atoms with van der Waals surface area (Å²) in [6.45, 7) is 9.25. The zero-order valence-electron chi connectivity index (χ0n) is 14.1. The number of benzene rings is 1. The quantitative estimate of drug-likeness (QED) is 0.838. The first kappa shape index (κ1) is 17.8. The minimum atomic E-state index is -0.496. The topological polar surface area (TPSA) is 56.6 Å². The molecule has 0 radical (unpaired) electrons. The van der Waals surface area contributed by atoms with Crippen LogP contribution >= 0.6 is 0 Å². The van der Waals surface area contributed by atoms with Crippen LogP contribution < -0.4 is 4.90 Å². The second-order valence-corrected chi connectivity index (χ2v) is 6.11. The largest absolute Gasteiger partial charge is 0.444 e. The molecular formula is C17H25N3O2. The van der Waals surface area contributed by atoms with E-state index in [1.54, 1.807) is 11.0 Å². The molecule has 1 aromatic carbocycles. The summed E-state index contributed by atoms with van der Waals surface area (Å²) in [5.74, 6) is 0. The molecule has 0 saturated carbocycles. The molecule has 22 heavy (non-hydrogen) atoms. The fraction of sp³-hybridized carbons (Fsp3) is 0.529. The van der Waals surface area contributed by atoms with Crippen molar-refractivity contribution in [2.45, 2.75) is 33.3 Å². The van der Waals surface area contributed by atoms with Gasteiger partial charge in [-0.25, -0.2) is 4.79 Å². The van der Waals surface area contributed by atoms with Gasteiger partial charge in [0.1, 0.15) is 11.7 Å². The van der Waals surface area contributed by atoms with Crippen molar-refractivity contribution < 1.29 is 9.53 Å². The van der Waals surface area contributed by atoms with Crippen LogP contribution in [0.25, 0.3) is 0 Å². The van der Waals surface area contributed by atoms with Gasteiger partial charge in [0.05, 0.1) is 11.3 Å². The van der Waals surface area contributed by atoms with Gasteiger partial charge in [-0.2, -0.15) is 5.26 Å². The summed E-state index contributed by atoms with van der Waals surface area (Å²) in [5, 5.41) is 9.15. The van der Waals surface area contributed by atoms with Gasteiger partial charge in [-0.15, -0.1) is 0 Å². The van der Waals surface area contributed by atoms with Crippen LogP contribution in [0, 0.1) is 11.3 Å².